The highest BCUT2D eigenvalue weighted by molar-refractivity contribution is 5.90. The van der Waals surface area contributed by atoms with Gasteiger partial charge in [0, 0.05) is 18.0 Å². The second kappa shape index (κ2) is 7.23. The number of nitrogens with zero attached hydrogens (tertiary/aromatic N) is 2. The first-order chi connectivity index (χ1) is 11.2. The summed E-state index contributed by atoms with van der Waals surface area (Å²) in [5.41, 5.74) is 6.11. The third kappa shape index (κ3) is 4.53. The van der Waals surface area contributed by atoms with Gasteiger partial charge in [0.25, 0.3) is 0 Å². The third-order valence-electron chi connectivity index (χ3n) is 3.52. The number of amides is 1. The van der Waals surface area contributed by atoms with Gasteiger partial charge in [0.05, 0.1) is 0 Å². The Morgan fingerprint density at radius 1 is 1.35 bits per heavy atom. The Labute approximate surface area is 134 Å². The van der Waals surface area contributed by atoms with Gasteiger partial charge in [-0.1, -0.05) is 5.16 Å². The zero-order valence-corrected chi connectivity index (χ0v) is 12.8. The molecule has 3 N–H and O–H groups in total. The zero-order valence-electron chi connectivity index (χ0n) is 12.8. The Bertz CT molecular complexity index is 650. The van der Waals surface area contributed by atoms with Gasteiger partial charge in [0.15, 0.2) is 6.61 Å². The normalized spacial score (nSPS) is 13.8. The molecular weight excluding hydrogens is 296 g/mol. The van der Waals surface area contributed by atoms with E-state index in [4.69, 9.17) is 15.0 Å². The lowest BCUT2D eigenvalue weighted by atomic mass is 10.2. The Morgan fingerprint density at radius 2 is 2.13 bits per heavy atom. The van der Waals surface area contributed by atoms with Crippen LogP contribution < -0.4 is 15.8 Å². The molecule has 0 saturated heterocycles. The molecule has 0 spiro atoms. The molecule has 3 rings (SSSR count). The van der Waals surface area contributed by atoms with Gasteiger partial charge in [0.2, 0.25) is 17.6 Å². The van der Waals surface area contributed by atoms with E-state index in [1.807, 2.05) is 0 Å². The average molecular weight is 316 g/mol. The molecule has 1 amide bonds. The number of aromatic nitrogens is 2. The van der Waals surface area contributed by atoms with Crippen molar-refractivity contribution in [3.8, 4) is 5.75 Å². The maximum absolute atomic E-state index is 11.6. The summed E-state index contributed by atoms with van der Waals surface area (Å²) >= 11 is 0. The summed E-state index contributed by atoms with van der Waals surface area (Å²) in [5, 5.41) is 6.71. The minimum Gasteiger partial charge on any atom is -0.485 e. The summed E-state index contributed by atoms with van der Waals surface area (Å²) < 4.78 is 10.8. The Kier molecular flexibility index (Phi) is 4.87. The van der Waals surface area contributed by atoms with Gasteiger partial charge >= 0.3 is 0 Å². The van der Waals surface area contributed by atoms with Gasteiger partial charge in [-0.05, 0) is 50.1 Å². The maximum Gasteiger partial charge on any atom is 0.229 e. The smallest absolute Gasteiger partial charge is 0.229 e. The molecule has 122 valence electrons. The van der Waals surface area contributed by atoms with E-state index in [-0.39, 0.29) is 12.5 Å². The molecular formula is C16H20N4O3. The van der Waals surface area contributed by atoms with Crippen molar-refractivity contribution >= 4 is 11.6 Å². The predicted octanol–water partition coefficient (Wildman–Crippen LogP) is 2.20. The summed E-state index contributed by atoms with van der Waals surface area (Å²) in [6.07, 6.45) is 3.36. The van der Waals surface area contributed by atoms with E-state index in [1.54, 1.807) is 24.3 Å². The van der Waals surface area contributed by atoms with Crippen molar-refractivity contribution in [2.45, 2.75) is 38.2 Å². The van der Waals surface area contributed by atoms with Gasteiger partial charge in [-0.15, -0.1) is 0 Å². The fourth-order valence-electron chi connectivity index (χ4n) is 2.09. The first-order valence-electron chi connectivity index (χ1n) is 7.80. The number of rotatable bonds is 8. The van der Waals surface area contributed by atoms with Gasteiger partial charge in [0.1, 0.15) is 5.75 Å². The fourth-order valence-corrected chi connectivity index (χ4v) is 2.09. The van der Waals surface area contributed by atoms with Crippen molar-refractivity contribution < 1.29 is 14.1 Å². The first-order valence-corrected chi connectivity index (χ1v) is 7.80. The van der Waals surface area contributed by atoms with Crippen LogP contribution in [0.5, 0.6) is 5.75 Å². The summed E-state index contributed by atoms with van der Waals surface area (Å²) in [4.78, 5) is 15.9. The topological polar surface area (TPSA) is 103 Å². The standard InChI is InChI=1S/C16H20N4O3/c17-9-1-2-15(21)18-12-5-7-13(8-6-12)22-10-14-19-16(23-20-14)11-3-4-11/h5-8,11H,1-4,9-10,17H2,(H,18,21). The van der Waals surface area contributed by atoms with Crippen molar-refractivity contribution in [2.24, 2.45) is 5.73 Å². The van der Waals surface area contributed by atoms with Gasteiger partial charge in [-0.25, -0.2) is 0 Å². The van der Waals surface area contributed by atoms with E-state index in [0.29, 0.717) is 42.8 Å². The lowest BCUT2D eigenvalue weighted by Crippen LogP contribution is -2.13. The molecule has 1 heterocycles. The van der Waals surface area contributed by atoms with E-state index in [1.165, 1.54) is 0 Å². The summed E-state index contributed by atoms with van der Waals surface area (Å²) in [6, 6.07) is 7.17. The molecule has 1 fully saturated rings. The van der Waals surface area contributed by atoms with Crippen molar-refractivity contribution in [1.82, 2.24) is 10.1 Å². The minimum absolute atomic E-state index is 0.0384. The number of ether oxygens (including phenoxy) is 1. The Morgan fingerprint density at radius 3 is 2.83 bits per heavy atom. The quantitative estimate of drug-likeness (QED) is 0.774. The number of nitrogens with two attached hydrogens (primary N) is 1. The van der Waals surface area contributed by atoms with Crippen LogP contribution in [0.15, 0.2) is 28.8 Å². The van der Waals surface area contributed by atoms with Crippen molar-refractivity contribution in [1.29, 1.82) is 0 Å². The van der Waals surface area contributed by atoms with Crippen LogP contribution in [0, 0.1) is 0 Å². The Balaban J connectivity index is 1.47. The monoisotopic (exact) mass is 316 g/mol. The molecule has 2 aromatic rings. The number of nitrogens with one attached hydrogen (secondary N) is 1. The van der Waals surface area contributed by atoms with E-state index in [0.717, 1.165) is 18.5 Å². The molecule has 1 aromatic heterocycles. The van der Waals surface area contributed by atoms with Crippen LogP contribution in [0.1, 0.15) is 43.3 Å². The van der Waals surface area contributed by atoms with Crippen molar-refractivity contribution in [3.05, 3.63) is 36.0 Å². The van der Waals surface area contributed by atoms with Crippen molar-refractivity contribution in [2.75, 3.05) is 11.9 Å². The van der Waals surface area contributed by atoms with Crippen LogP contribution >= 0.6 is 0 Å². The van der Waals surface area contributed by atoms with E-state index < -0.39 is 0 Å². The lowest BCUT2D eigenvalue weighted by Gasteiger charge is -2.07. The van der Waals surface area contributed by atoms with Crippen LogP contribution in [-0.2, 0) is 11.4 Å². The second-order valence-corrected chi connectivity index (χ2v) is 5.58. The van der Waals surface area contributed by atoms with Gasteiger partial charge in [-0.2, -0.15) is 4.98 Å². The molecule has 0 aliphatic heterocycles. The number of carbonyl (C=O) groups excluding carboxylic acids is 1. The number of anilines is 1. The molecule has 1 aliphatic carbocycles. The van der Waals surface area contributed by atoms with Gasteiger partial charge in [-0.3, -0.25) is 4.79 Å². The minimum atomic E-state index is -0.0384. The van der Waals surface area contributed by atoms with Crippen molar-refractivity contribution in [3.63, 3.8) is 0 Å². The molecule has 0 bridgehead atoms. The summed E-state index contributed by atoms with van der Waals surface area (Å²) in [7, 11) is 0. The van der Waals surface area contributed by atoms with Crippen LogP contribution in [0.3, 0.4) is 0 Å². The SMILES string of the molecule is NCCCC(=O)Nc1ccc(OCc2noc(C3CC3)n2)cc1. The predicted molar refractivity (Wildman–Crippen MR) is 84.0 cm³/mol. The summed E-state index contributed by atoms with van der Waals surface area (Å²) in [6.45, 7) is 0.775. The summed E-state index contributed by atoms with van der Waals surface area (Å²) in [5.74, 6) is 2.34. The number of carbonyl (C=O) groups is 1. The number of hydrogen-bond donors (Lipinski definition) is 2. The average Bonchev–Trinajstić information content (AvgIpc) is 3.31. The zero-order chi connectivity index (χ0) is 16.1. The highest BCUT2D eigenvalue weighted by Crippen LogP contribution is 2.38. The largest absolute Gasteiger partial charge is 0.485 e. The molecule has 0 atom stereocenters. The molecule has 23 heavy (non-hydrogen) atoms. The molecule has 7 nitrogen and oxygen atoms in total. The fraction of sp³-hybridized carbons (Fsp3) is 0.438. The third-order valence-corrected chi connectivity index (χ3v) is 3.52. The highest BCUT2D eigenvalue weighted by Gasteiger charge is 2.29. The molecule has 1 saturated carbocycles. The van der Waals surface area contributed by atoms with E-state index >= 15 is 0 Å². The van der Waals surface area contributed by atoms with E-state index in [9.17, 15) is 4.79 Å². The van der Waals surface area contributed by atoms with Crippen LogP contribution in [0.2, 0.25) is 0 Å². The molecule has 1 aromatic carbocycles. The molecule has 1 aliphatic rings. The second-order valence-electron chi connectivity index (χ2n) is 5.58. The number of hydrogen-bond acceptors (Lipinski definition) is 6. The highest BCUT2D eigenvalue weighted by atomic mass is 16.5. The maximum atomic E-state index is 11.6. The van der Waals surface area contributed by atoms with Crippen LogP contribution in [0.4, 0.5) is 5.69 Å². The van der Waals surface area contributed by atoms with Crippen LogP contribution in [0.25, 0.3) is 0 Å². The molecule has 7 heteroatoms. The van der Waals surface area contributed by atoms with E-state index in [2.05, 4.69) is 15.5 Å². The number of benzene rings is 1. The van der Waals surface area contributed by atoms with Crippen LogP contribution in [-0.4, -0.2) is 22.6 Å². The first kappa shape index (κ1) is 15.5. The van der Waals surface area contributed by atoms with Gasteiger partial charge < -0.3 is 20.3 Å². The lowest BCUT2D eigenvalue weighted by molar-refractivity contribution is -0.116. The Hall–Kier alpha value is -2.41. The molecule has 0 unspecified atom stereocenters. The molecule has 0 radical (unpaired) electrons.